The molecule has 1 saturated heterocycles. The topological polar surface area (TPSA) is 197 Å². The quantitative estimate of drug-likeness (QED) is 0.0828. The van der Waals surface area contributed by atoms with E-state index in [1.165, 1.54) is 4.57 Å². The molecule has 13 heteroatoms. The van der Waals surface area contributed by atoms with Crippen molar-refractivity contribution in [2.24, 2.45) is 16.5 Å². The molecule has 2 aromatic carbocycles. The Morgan fingerprint density at radius 3 is 2.51 bits per heavy atom. The van der Waals surface area contributed by atoms with Gasteiger partial charge in [0.1, 0.15) is 5.65 Å². The maximum atomic E-state index is 12.8. The van der Waals surface area contributed by atoms with Gasteiger partial charge in [0, 0.05) is 42.0 Å². The van der Waals surface area contributed by atoms with E-state index in [-0.39, 0.29) is 23.6 Å². The molecule has 3 amide bonds. The largest absolute Gasteiger partial charge is 0.370 e. The van der Waals surface area contributed by atoms with Crippen LogP contribution in [0.25, 0.3) is 28.0 Å². The van der Waals surface area contributed by atoms with Crippen molar-refractivity contribution < 1.29 is 9.59 Å². The zero-order valence-corrected chi connectivity index (χ0v) is 23.7. The second-order valence-corrected chi connectivity index (χ2v) is 10.4. The molecule has 0 aliphatic carbocycles. The number of aromatic amines is 1. The lowest BCUT2D eigenvalue weighted by Gasteiger charge is -2.23. The van der Waals surface area contributed by atoms with E-state index < -0.39 is 6.03 Å². The summed E-state index contributed by atoms with van der Waals surface area (Å²) in [4.78, 5) is 47.7. The molecule has 224 valence electrons. The van der Waals surface area contributed by atoms with Crippen LogP contribution in [0.5, 0.6) is 0 Å². The highest BCUT2D eigenvalue weighted by molar-refractivity contribution is 5.95. The van der Waals surface area contributed by atoms with Gasteiger partial charge in [-0.3, -0.25) is 19.7 Å². The summed E-state index contributed by atoms with van der Waals surface area (Å²) in [6, 6.07) is 16.5. The number of carbonyl (C=O) groups excluding carboxylic acids is 2. The lowest BCUT2D eigenvalue weighted by atomic mass is 10.0. The Morgan fingerprint density at radius 2 is 1.79 bits per heavy atom. The highest BCUT2D eigenvalue weighted by atomic mass is 16.2. The van der Waals surface area contributed by atoms with Crippen LogP contribution in [0.2, 0.25) is 0 Å². The third kappa shape index (κ3) is 7.84. The number of hydrogen-bond acceptors (Lipinski definition) is 7. The summed E-state index contributed by atoms with van der Waals surface area (Å²) in [5, 5.41) is 12.8. The molecule has 9 N–H and O–H groups in total. The molecule has 0 unspecified atom stereocenters. The second kappa shape index (κ2) is 13.8. The number of hydrogen-bond donors (Lipinski definition) is 7. The highest BCUT2D eigenvalue weighted by Crippen LogP contribution is 2.23. The molecule has 1 fully saturated rings. The van der Waals surface area contributed by atoms with E-state index in [1.807, 2.05) is 54.6 Å². The Balaban J connectivity index is 1.19. The van der Waals surface area contributed by atoms with Crippen molar-refractivity contribution >= 4 is 28.9 Å². The van der Waals surface area contributed by atoms with Crippen LogP contribution in [0.3, 0.4) is 0 Å². The fourth-order valence-corrected chi connectivity index (χ4v) is 4.95. The van der Waals surface area contributed by atoms with Crippen LogP contribution in [0.15, 0.2) is 70.6 Å². The number of H-pyrrole nitrogens is 1. The second-order valence-electron chi connectivity index (χ2n) is 10.4. The molecule has 5 rings (SSSR count). The molecule has 0 radical (unpaired) electrons. The fourth-order valence-electron chi connectivity index (χ4n) is 4.95. The molecule has 1 aliphatic rings. The number of carbonyl (C=O) groups is 2. The van der Waals surface area contributed by atoms with Gasteiger partial charge in [-0.2, -0.15) is 4.98 Å². The first-order chi connectivity index (χ1) is 20.9. The zero-order valence-electron chi connectivity index (χ0n) is 23.7. The van der Waals surface area contributed by atoms with Crippen LogP contribution in [-0.2, 0) is 6.54 Å². The van der Waals surface area contributed by atoms with Crippen LogP contribution in [-0.4, -0.2) is 64.7 Å². The number of nitrogens with zero attached hydrogens (tertiary/aromatic N) is 3. The van der Waals surface area contributed by atoms with Gasteiger partial charge in [-0.25, -0.2) is 9.59 Å². The monoisotopic (exact) mass is 584 g/mol. The summed E-state index contributed by atoms with van der Waals surface area (Å²) >= 11 is 0. The Morgan fingerprint density at radius 1 is 1.05 bits per heavy atom. The maximum Gasteiger partial charge on any atom is 0.354 e. The molecule has 0 atom stereocenters. The number of aliphatic imine (C=N–C) groups is 1. The standard InChI is InChI=1S/C30H36N10O3/c31-28(39-29(32)42)35-13-1-12-34-17-19-2-8-24(9-3-19)40-18-22-16-25(37-26(22)38-30(40)43)20-4-6-21(7-5-20)27(41)36-23-10-14-33-15-11-23/h2-9,16,18,23,33-34H,1,10-15,17H2,(H,36,41)(H,37,38,43)(H5,31,32,35,39,42). The number of nitrogens with one attached hydrogen (secondary N) is 5. The summed E-state index contributed by atoms with van der Waals surface area (Å²) < 4.78 is 1.52. The molecule has 3 heterocycles. The average molecular weight is 585 g/mol. The highest BCUT2D eigenvalue weighted by Gasteiger charge is 2.16. The summed E-state index contributed by atoms with van der Waals surface area (Å²) in [5.41, 5.74) is 14.7. The summed E-state index contributed by atoms with van der Waals surface area (Å²) in [6.45, 7) is 3.64. The van der Waals surface area contributed by atoms with E-state index in [0.29, 0.717) is 36.5 Å². The van der Waals surface area contributed by atoms with E-state index in [1.54, 1.807) is 6.20 Å². The van der Waals surface area contributed by atoms with Gasteiger partial charge in [0.25, 0.3) is 5.91 Å². The van der Waals surface area contributed by atoms with E-state index in [0.717, 1.165) is 54.6 Å². The number of guanidine groups is 1. The minimum absolute atomic E-state index is 0.00428. The van der Waals surface area contributed by atoms with Crippen molar-refractivity contribution in [2.45, 2.75) is 31.8 Å². The smallest absolute Gasteiger partial charge is 0.354 e. The molecule has 4 aromatic rings. The Hall–Kier alpha value is -5.01. The molecule has 0 saturated carbocycles. The summed E-state index contributed by atoms with van der Waals surface area (Å²) in [6.07, 6.45) is 4.38. The van der Waals surface area contributed by atoms with E-state index >= 15 is 0 Å². The van der Waals surface area contributed by atoms with Crippen LogP contribution < -0.4 is 38.4 Å². The van der Waals surface area contributed by atoms with E-state index in [4.69, 9.17) is 11.5 Å². The normalized spacial score (nSPS) is 14.1. The van der Waals surface area contributed by atoms with Crippen molar-refractivity contribution in [2.75, 3.05) is 26.2 Å². The van der Waals surface area contributed by atoms with E-state index in [9.17, 15) is 14.4 Å². The average Bonchev–Trinajstić information content (AvgIpc) is 3.42. The number of rotatable bonds is 10. The molecule has 2 aromatic heterocycles. The number of piperidine rings is 1. The third-order valence-electron chi connectivity index (χ3n) is 7.23. The van der Waals surface area contributed by atoms with Crippen molar-refractivity contribution in [3.63, 3.8) is 0 Å². The van der Waals surface area contributed by atoms with Crippen LogP contribution in [0, 0.1) is 0 Å². The Bertz CT molecular complexity index is 1650. The Kier molecular flexibility index (Phi) is 9.44. The van der Waals surface area contributed by atoms with Gasteiger partial charge in [-0.05, 0) is 80.4 Å². The number of fused-ring (bicyclic) bond motifs is 1. The molecule has 0 spiro atoms. The first-order valence-electron chi connectivity index (χ1n) is 14.3. The minimum Gasteiger partial charge on any atom is -0.370 e. The van der Waals surface area contributed by atoms with Crippen molar-refractivity contribution in [1.82, 2.24) is 35.8 Å². The number of aromatic nitrogens is 3. The van der Waals surface area contributed by atoms with Crippen molar-refractivity contribution in [3.05, 3.63) is 82.4 Å². The zero-order chi connectivity index (χ0) is 30.2. The molecule has 1 aliphatic heterocycles. The van der Waals surface area contributed by atoms with Gasteiger partial charge < -0.3 is 32.4 Å². The van der Waals surface area contributed by atoms with Gasteiger partial charge in [0.15, 0.2) is 5.96 Å². The summed E-state index contributed by atoms with van der Waals surface area (Å²) in [5.74, 6) is -0.0629. The Labute approximate surface area is 248 Å². The number of nitrogens with two attached hydrogens (primary N) is 2. The molecular weight excluding hydrogens is 548 g/mol. The van der Waals surface area contributed by atoms with Gasteiger partial charge in [0.2, 0.25) is 0 Å². The fraction of sp³-hybridized carbons (Fsp3) is 0.300. The van der Waals surface area contributed by atoms with Gasteiger partial charge >= 0.3 is 11.7 Å². The SMILES string of the molecule is NC(=O)NC(N)=NCCCNCc1ccc(-n2cc3cc(-c4ccc(C(=O)NC5CCNCC5)cc4)[nH]c3nc2=O)cc1. The van der Waals surface area contributed by atoms with Crippen LogP contribution in [0.4, 0.5) is 4.79 Å². The molecular formula is C30H36N10O3. The number of urea groups is 1. The van der Waals surface area contributed by atoms with Gasteiger partial charge in [-0.1, -0.05) is 24.3 Å². The van der Waals surface area contributed by atoms with E-state index in [2.05, 4.69) is 36.2 Å². The number of primary amides is 1. The first-order valence-corrected chi connectivity index (χ1v) is 14.3. The predicted molar refractivity (Wildman–Crippen MR) is 166 cm³/mol. The molecule has 43 heavy (non-hydrogen) atoms. The molecule has 0 bridgehead atoms. The van der Waals surface area contributed by atoms with Gasteiger partial charge in [-0.15, -0.1) is 0 Å². The van der Waals surface area contributed by atoms with Crippen molar-refractivity contribution in [3.8, 4) is 16.9 Å². The molecule has 13 nitrogen and oxygen atoms in total. The lowest BCUT2D eigenvalue weighted by molar-refractivity contribution is 0.0929. The van der Waals surface area contributed by atoms with Crippen molar-refractivity contribution in [1.29, 1.82) is 0 Å². The minimum atomic E-state index is -0.740. The lowest BCUT2D eigenvalue weighted by Crippen LogP contribution is -2.42. The van der Waals surface area contributed by atoms with Crippen LogP contribution >= 0.6 is 0 Å². The summed E-state index contributed by atoms with van der Waals surface area (Å²) in [7, 11) is 0. The maximum absolute atomic E-state index is 12.8. The van der Waals surface area contributed by atoms with Crippen LogP contribution in [0.1, 0.15) is 35.2 Å². The predicted octanol–water partition coefficient (Wildman–Crippen LogP) is 1.33. The number of benzene rings is 2. The number of amides is 3. The third-order valence-corrected chi connectivity index (χ3v) is 7.23. The first kappa shape index (κ1) is 29.5. The van der Waals surface area contributed by atoms with Gasteiger partial charge in [0.05, 0.1) is 5.69 Å².